The molecule has 1 aliphatic rings. The van der Waals surface area contributed by atoms with Gasteiger partial charge >= 0.3 is 5.97 Å². The van der Waals surface area contributed by atoms with Crippen LogP contribution in [0.4, 0.5) is 0 Å². The van der Waals surface area contributed by atoms with E-state index in [0.29, 0.717) is 19.7 Å². The fraction of sp³-hybridized carbons (Fsp3) is 0.409. The molecule has 8 heteroatoms. The minimum Gasteiger partial charge on any atom is -0.478 e. The second-order valence-corrected chi connectivity index (χ2v) is 7.41. The van der Waals surface area contributed by atoms with E-state index >= 15 is 0 Å². The Morgan fingerprint density at radius 2 is 1.57 bits per heavy atom. The lowest BCUT2D eigenvalue weighted by molar-refractivity contribution is -0.167. The summed E-state index contributed by atoms with van der Waals surface area (Å²) in [5.41, 5.74) is 2.50. The monoisotopic (exact) mass is 474 g/mol. The van der Waals surface area contributed by atoms with Gasteiger partial charge < -0.3 is 9.84 Å². The number of rotatable bonds is 8. The van der Waals surface area contributed by atoms with Crippen LogP contribution < -0.4 is 0 Å². The van der Waals surface area contributed by atoms with Crippen molar-refractivity contribution in [3.05, 3.63) is 70.7 Å². The molecular weight excluding hydrogens is 447 g/mol. The van der Waals surface area contributed by atoms with Crippen molar-refractivity contribution < 1.29 is 14.6 Å². The number of aliphatic carboxylic acids is 1. The van der Waals surface area contributed by atoms with E-state index < -0.39 is 12.2 Å². The largest absolute Gasteiger partial charge is 0.478 e. The van der Waals surface area contributed by atoms with Gasteiger partial charge in [-0.25, -0.2) is 4.79 Å². The third-order valence-corrected chi connectivity index (χ3v) is 5.44. The summed E-state index contributed by atoms with van der Waals surface area (Å²) in [6.07, 6.45) is 0.0336. The van der Waals surface area contributed by atoms with Crippen LogP contribution in [0.25, 0.3) is 0 Å². The Balaban J connectivity index is 0.00000225. The molecule has 166 valence electrons. The van der Waals surface area contributed by atoms with Crippen LogP contribution in [-0.4, -0.2) is 59.9 Å². The molecule has 1 heterocycles. The smallest absolute Gasteiger partial charge is 0.348 e. The lowest BCUT2D eigenvalue weighted by Crippen LogP contribution is -2.54. The lowest BCUT2D eigenvalue weighted by Gasteiger charge is -2.41. The molecule has 1 fully saturated rings. The Hall–Kier alpha value is -1.34. The fourth-order valence-corrected chi connectivity index (χ4v) is 3.88. The van der Waals surface area contributed by atoms with Crippen LogP contribution in [0, 0.1) is 0 Å². The van der Waals surface area contributed by atoms with E-state index in [4.69, 9.17) is 16.3 Å². The van der Waals surface area contributed by atoms with Crippen molar-refractivity contribution in [3.63, 3.8) is 0 Å². The maximum absolute atomic E-state index is 11.5. The first kappa shape index (κ1) is 26.7. The number of carboxylic acid groups (broad SMARTS) is 1. The molecule has 0 amide bonds. The molecule has 1 aliphatic heterocycles. The predicted molar refractivity (Wildman–Crippen MR) is 125 cm³/mol. The Labute approximate surface area is 195 Å². The van der Waals surface area contributed by atoms with Gasteiger partial charge in [-0.15, -0.1) is 24.8 Å². The molecule has 0 aromatic heterocycles. The summed E-state index contributed by atoms with van der Waals surface area (Å²) in [5.74, 6) is -0.922. The molecular formula is C22H29Cl3N2O3. The lowest BCUT2D eigenvalue weighted by atomic mass is 9.96. The first-order valence-electron chi connectivity index (χ1n) is 9.70. The van der Waals surface area contributed by atoms with Gasteiger partial charge in [0.1, 0.15) is 0 Å². The van der Waals surface area contributed by atoms with Crippen molar-refractivity contribution in [3.8, 4) is 0 Å². The highest BCUT2D eigenvalue weighted by atomic mass is 35.5. The molecule has 0 saturated carbocycles. The number of hydrogen-bond acceptors (Lipinski definition) is 4. The van der Waals surface area contributed by atoms with Crippen molar-refractivity contribution in [2.24, 2.45) is 0 Å². The average molecular weight is 476 g/mol. The van der Waals surface area contributed by atoms with Crippen LogP contribution in [-0.2, 0) is 16.0 Å². The third-order valence-electron chi connectivity index (χ3n) is 5.18. The van der Waals surface area contributed by atoms with Gasteiger partial charge in [0, 0.05) is 43.9 Å². The average Bonchev–Trinajstić information content (AvgIpc) is 2.72. The van der Waals surface area contributed by atoms with Gasteiger partial charge in [-0.2, -0.15) is 0 Å². The van der Waals surface area contributed by atoms with Gasteiger partial charge in [0.15, 0.2) is 0 Å². The van der Waals surface area contributed by atoms with Crippen LogP contribution in [0.3, 0.4) is 0 Å². The zero-order chi connectivity index (χ0) is 19.9. The van der Waals surface area contributed by atoms with Gasteiger partial charge in [-0.1, -0.05) is 54.1 Å². The number of ether oxygens (including phenoxy) is 1. The number of benzene rings is 2. The van der Waals surface area contributed by atoms with Crippen LogP contribution in [0.15, 0.2) is 54.6 Å². The summed E-state index contributed by atoms with van der Waals surface area (Å²) >= 11 is 6.09. The van der Waals surface area contributed by atoms with Gasteiger partial charge in [-0.05, 0) is 36.6 Å². The first-order chi connectivity index (χ1) is 13.6. The molecule has 2 atom stereocenters. The van der Waals surface area contributed by atoms with Crippen molar-refractivity contribution in [1.29, 1.82) is 0 Å². The quantitative estimate of drug-likeness (QED) is 0.608. The van der Waals surface area contributed by atoms with Crippen LogP contribution in [0.2, 0.25) is 5.02 Å². The van der Waals surface area contributed by atoms with E-state index in [0.717, 1.165) is 24.5 Å². The molecule has 2 aromatic carbocycles. The number of carboxylic acids is 1. The normalized spacial score (nSPS) is 16.7. The van der Waals surface area contributed by atoms with Gasteiger partial charge in [0.25, 0.3) is 0 Å². The molecule has 0 spiro atoms. The molecule has 3 rings (SSSR count). The SMILES string of the molecule is CCOC(C(=O)O)N1CCN(C(Cc2ccccc2)c2ccc(Cl)cc2)CC1.Cl.Cl. The van der Waals surface area contributed by atoms with Gasteiger partial charge in [-0.3, -0.25) is 9.80 Å². The highest BCUT2D eigenvalue weighted by Gasteiger charge is 2.32. The first-order valence-corrected chi connectivity index (χ1v) is 10.1. The van der Waals surface area contributed by atoms with Gasteiger partial charge in [0.2, 0.25) is 6.23 Å². The predicted octanol–water partition coefficient (Wildman–Crippen LogP) is 4.53. The maximum atomic E-state index is 11.5. The summed E-state index contributed by atoms with van der Waals surface area (Å²) < 4.78 is 5.43. The summed E-state index contributed by atoms with van der Waals surface area (Å²) in [7, 11) is 0. The minimum absolute atomic E-state index is 0. The summed E-state index contributed by atoms with van der Waals surface area (Å²) in [5, 5.41) is 10.2. The second kappa shape index (κ2) is 13.2. The zero-order valence-electron chi connectivity index (χ0n) is 16.9. The molecule has 2 aromatic rings. The van der Waals surface area contributed by atoms with Crippen molar-refractivity contribution >= 4 is 42.4 Å². The summed E-state index contributed by atoms with van der Waals surface area (Å²) in [6, 6.07) is 18.7. The maximum Gasteiger partial charge on any atom is 0.348 e. The van der Waals surface area contributed by atoms with E-state index in [1.807, 2.05) is 30.0 Å². The third kappa shape index (κ3) is 7.12. The van der Waals surface area contributed by atoms with Crippen molar-refractivity contribution in [1.82, 2.24) is 9.80 Å². The van der Waals surface area contributed by atoms with E-state index in [9.17, 15) is 9.90 Å². The van der Waals surface area contributed by atoms with E-state index in [-0.39, 0.29) is 30.9 Å². The Morgan fingerprint density at radius 3 is 2.10 bits per heavy atom. The minimum atomic E-state index is -0.922. The number of nitrogens with zero attached hydrogens (tertiary/aromatic N) is 2. The zero-order valence-corrected chi connectivity index (χ0v) is 19.3. The molecule has 0 aliphatic carbocycles. The molecule has 2 unspecified atom stereocenters. The highest BCUT2D eigenvalue weighted by molar-refractivity contribution is 6.30. The highest BCUT2D eigenvalue weighted by Crippen LogP contribution is 2.28. The fourth-order valence-electron chi connectivity index (χ4n) is 3.75. The number of carbonyl (C=O) groups is 1. The van der Waals surface area contributed by atoms with Crippen LogP contribution in [0.5, 0.6) is 0 Å². The van der Waals surface area contributed by atoms with Crippen molar-refractivity contribution in [2.75, 3.05) is 32.8 Å². The Morgan fingerprint density at radius 1 is 1.00 bits per heavy atom. The topological polar surface area (TPSA) is 53.0 Å². The molecule has 1 N–H and O–H groups in total. The molecule has 1 saturated heterocycles. The standard InChI is InChI=1S/C22H27ClN2O3.2ClH/c1-2-28-21(22(26)27)25-14-12-24(13-15-25)20(16-17-6-4-3-5-7-17)18-8-10-19(23)11-9-18;;/h3-11,20-21H,2,12-16H2,1H3,(H,26,27);2*1H. The van der Waals surface area contributed by atoms with Crippen LogP contribution in [0.1, 0.15) is 24.1 Å². The summed E-state index contributed by atoms with van der Waals surface area (Å²) in [4.78, 5) is 15.8. The molecule has 0 radical (unpaired) electrons. The molecule has 30 heavy (non-hydrogen) atoms. The second-order valence-electron chi connectivity index (χ2n) is 6.97. The summed E-state index contributed by atoms with van der Waals surface area (Å²) in [6.45, 7) is 5.11. The van der Waals surface area contributed by atoms with Crippen LogP contribution >= 0.6 is 36.4 Å². The molecule has 0 bridgehead atoms. The van der Waals surface area contributed by atoms with Crippen molar-refractivity contribution in [2.45, 2.75) is 25.6 Å². The van der Waals surface area contributed by atoms with E-state index in [1.54, 1.807) is 0 Å². The number of hydrogen-bond donors (Lipinski definition) is 1. The Kier molecular flexibility index (Phi) is 11.7. The molecule has 5 nitrogen and oxygen atoms in total. The van der Waals surface area contributed by atoms with E-state index in [1.165, 1.54) is 11.1 Å². The van der Waals surface area contributed by atoms with Gasteiger partial charge in [0.05, 0.1) is 0 Å². The number of piperazine rings is 1. The Bertz CT molecular complexity index is 754. The van der Waals surface area contributed by atoms with E-state index in [2.05, 4.69) is 41.3 Å². The number of halogens is 3.